The van der Waals surface area contributed by atoms with Crippen LogP contribution in [0.2, 0.25) is 0 Å². The van der Waals surface area contributed by atoms with Crippen LogP contribution in [-0.2, 0) is 14.2 Å². The first-order valence-electron chi connectivity index (χ1n) is 12.7. The Morgan fingerprint density at radius 1 is 0.976 bits per heavy atom. The van der Waals surface area contributed by atoms with Crippen molar-refractivity contribution < 1.29 is 69.0 Å². The Labute approximate surface area is 236 Å². The van der Waals surface area contributed by atoms with E-state index in [1.54, 1.807) is 0 Å². The van der Waals surface area contributed by atoms with Gasteiger partial charge < -0.3 is 69.0 Å². The van der Waals surface area contributed by atoms with Crippen molar-refractivity contribution in [1.29, 1.82) is 0 Å². The second-order valence-corrected chi connectivity index (χ2v) is 10.0. The zero-order valence-electron chi connectivity index (χ0n) is 22.1. The van der Waals surface area contributed by atoms with Gasteiger partial charge in [-0.15, -0.1) is 0 Å². The third-order valence-corrected chi connectivity index (χ3v) is 7.17. The first-order valence-corrected chi connectivity index (χ1v) is 12.7. The number of aliphatic hydroxyl groups excluding tert-OH is 5. The number of hydrogen-bond donors (Lipinski definition) is 8. The molecule has 0 unspecified atom stereocenters. The Morgan fingerprint density at radius 3 is 2.43 bits per heavy atom. The molecular weight excluding hydrogens is 564 g/mol. The molecular formula is C27H30O15. The maximum Gasteiger partial charge on any atom is 0.229 e. The number of hydrogen-bond acceptors (Lipinski definition) is 15. The fourth-order valence-corrected chi connectivity index (χ4v) is 4.69. The Hall–Kier alpha value is -3.51. The second kappa shape index (κ2) is 11.6. The molecule has 2 saturated heterocycles. The van der Waals surface area contributed by atoms with E-state index in [4.69, 9.17) is 28.1 Å². The van der Waals surface area contributed by atoms with Crippen molar-refractivity contribution in [3.05, 3.63) is 46.6 Å². The standard InChI is InChI=1S/C27H30O15/c1-37-17-4-11(2-3-13(17)29)16-7-15(31)20-14(30)5-12(6-18(20)41-16)40-25-23(34)22(33)21(32)19(42-25)8-38-26-24(35)27(36,9-28)10-39-26/h2-7,19,21-26,28-30,32-36H,8-10H2,1H3/t19-,21-,22+,23-,24+,25-,26-,27-/m1/s1. The van der Waals surface area contributed by atoms with Gasteiger partial charge >= 0.3 is 0 Å². The molecule has 15 nitrogen and oxygen atoms in total. The summed E-state index contributed by atoms with van der Waals surface area (Å²) in [6.07, 6.45) is -11.2. The smallest absolute Gasteiger partial charge is 0.229 e. The molecule has 0 aliphatic carbocycles. The van der Waals surface area contributed by atoms with Gasteiger partial charge in [-0.1, -0.05) is 0 Å². The van der Waals surface area contributed by atoms with Crippen LogP contribution in [0.3, 0.4) is 0 Å². The van der Waals surface area contributed by atoms with Crippen LogP contribution in [0.15, 0.2) is 45.6 Å². The highest BCUT2D eigenvalue weighted by molar-refractivity contribution is 5.86. The van der Waals surface area contributed by atoms with Gasteiger partial charge in [-0.2, -0.15) is 0 Å². The topological polar surface area (TPSA) is 238 Å². The van der Waals surface area contributed by atoms with Gasteiger partial charge in [0.2, 0.25) is 6.29 Å². The lowest BCUT2D eigenvalue weighted by Gasteiger charge is -2.40. The number of fused-ring (bicyclic) bond motifs is 1. The maximum absolute atomic E-state index is 12.8. The predicted octanol–water partition coefficient (Wildman–Crippen LogP) is -1.48. The molecule has 42 heavy (non-hydrogen) atoms. The summed E-state index contributed by atoms with van der Waals surface area (Å²) < 4.78 is 32.7. The Balaban J connectivity index is 1.37. The highest BCUT2D eigenvalue weighted by atomic mass is 16.7. The van der Waals surface area contributed by atoms with Crippen molar-refractivity contribution in [2.75, 3.05) is 26.9 Å². The van der Waals surface area contributed by atoms with Crippen LogP contribution in [0.1, 0.15) is 0 Å². The summed E-state index contributed by atoms with van der Waals surface area (Å²) in [7, 11) is 1.36. The van der Waals surface area contributed by atoms with Crippen molar-refractivity contribution in [1.82, 2.24) is 0 Å². The van der Waals surface area contributed by atoms with Crippen molar-refractivity contribution >= 4 is 11.0 Å². The van der Waals surface area contributed by atoms with Crippen LogP contribution < -0.4 is 14.9 Å². The third kappa shape index (κ3) is 5.49. The van der Waals surface area contributed by atoms with Gasteiger partial charge in [0.05, 0.1) is 26.9 Å². The number of aromatic hydroxyl groups is 2. The largest absolute Gasteiger partial charge is 0.507 e. The van der Waals surface area contributed by atoms with Gasteiger partial charge in [-0.3, -0.25) is 4.79 Å². The highest BCUT2D eigenvalue weighted by Gasteiger charge is 2.50. The number of ether oxygens (including phenoxy) is 5. The molecule has 15 heteroatoms. The number of methoxy groups -OCH3 is 1. The van der Waals surface area contributed by atoms with Crippen molar-refractivity contribution in [3.8, 4) is 34.3 Å². The summed E-state index contributed by atoms with van der Waals surface area (Å²) in [6.45, 7) is -1.70. The monoisotopic (exact) mass is 594 g/mol. The van der Waals surface area contributed by atoms with E-state index in [0.717, 1.165) is 12.1 Å². The molecule has 0 amide bonds. The van der Waals surface area contributed by atoms with Gasteiger partial charge in [-0.05, 0) is 18.2 Å². The summed E-state index contributed by atoms with van der Waals surface area (Å²) in [5.74, 6) is -0.565. The van der Waals surface area contributed by atoms with E-state index < -0.39 is 79.7 Å². The Morgan fingerprint density at radius 2 is 1.74 bits per heavy atom. The molecule has 3 aromatic rings. The molecule has 2 aromatic carbocycles. The summed E-state index contributed by atoms with van der Waals surface area (Å²) in [4.78, 5) is 12.8. The molecule has 8 N–H and O–H groups in total. The van der Waals surface area contributed by atoms with Crippen LogP contribution in [0.4, 0.5) is 0 Å². The van der Waals surface area contributed by atoms with Crippen LogP contribution in [-0.4, -0.2) is 116 Å². The molecule has 5 rings (SSSR count). The number of benzene rings is 2. The fourth-order valence-electron chi connectivity index (χ4n) is 4.69. The highest BCUT2D eigenvalue weighted by Crippen LogP contribution is 2.36. The second-order valence-electron chi connectivity index (χ2n) is 10.0. The molecule has 0 spiro atoms. The van der Waals surface area contributed by atoms with Crippen LogP contribution >= 0.6 is 0 Å². The minimum absolute atomic E-state index is 0.0801. The summed E-state index contributed by atoms with van der Waals surface area (Å²) in [5.41, 5.74) is -2.25. The quantitative estimate of drug-likeness (QED) is 0.148. The van der Waals surface area contributed by atoms with Crippen LogP contribution in [0.25, 0.3) is 22.3 Å². The average molecular weight is 595 g/mol. The van der Waals surface area contributed by atoms with Gasteiger partial charge in [0, 0.05) is 23.8 Å². The molecule has 0 saturated carbocycles. The first-order chi connectivity index (χ1) is 19.9. The molecule has 8 atom stereocenters. The molecule has 2 aliphatic rings. The lowest BCUT2D eigenvalue weighted by molar-refractivity contribution is -0.289. The van der Waals surface area contributed by atoms with Crippen molar-refractivity contribution in [3.63, 3.8) is 0 Å². The zero-order valence-corrected chi connectivity index (χ0v) is 22.1. The average Bonchev–Trinajstić information content (AvgIpc) is 3.25. The van der Waals surface area contributed by atoms with Crippen LogP contribution in [0.5, 0.6) is 23.0 Å². The fraction of sp³-hybridized carbons (Fsp3) is 0.444. The number of rotatable bonds is 8. The van der Waals surface area contributed by atoms with Crippen LogP contribution in [0, 0.1) is 0 Å². The Kier molecular flexibility index (Phi) is 8.30. The number of aliphatic hydroxyl groups is 6. The minimum atomic E-state index is -1.95. The van der Waals surface area contributed by atoms with E-state index in [-0.39, 0.29) is 34.0 Å². The summed E-state index contributed by atoms with van der Waals surface area (Å²) in [5, 5.41) is 81.1. The lowest BCUT2D eigenvalue weighted by atomic mass is 9.99. The molecule has 1 aromatic heterocycles. The predicted molar refractivity (Wildman–Crippen MR) is 139 cm³/mol. The summed E-state index contributed by atoms with van der Waals surface area (Å²) >= 11 is 0. The van der Waals surface area contributed by atoms with Gasteiger partial charge in [0.1, 0.15) is 64.3 Å². The molecule has 2 aliphatic heterocycles. The molecule has 228 valence electrons. The van der Waals surface area contributed by atoms with E-state index in [1.165, 1.54) is 31.4 Å². The molecule has 3 heterocycles. The SMILES string of the molecule is COc1cc(-c2cc(=O)c3c(O)cc(O[C@@H]4O[C@H](CO[C@@H]5OC[C@](O)(CO)[C@H]5O)[C@@H](O)[C@H](O)[C@H]4O)cc3o2)ccc1O. The maximum atomic E-state index is 12.8. The number of phenols is 2. The molecule has 0 bridgehead atoms. The minimum Gasteiger partial charge on any atom is -0.507 e. The van der Waals surface area contributed by atoms with E-state index in [1.807, 2.05) is 0 Å². The van der Waals surface area contributed by atoms with E-state index in [0.29, 0.717) is 5.56 Å². The van der Waals surface area contributed by atoms with Gasteiger partial charge in [0.15, 0.2) is 23.2 Å². The van der Waals surface area contributed by atoms with E-state index >= 15 is 0 Å². The third-order valence-electron chi connectivity index (χ3n) is 7.17. The van der Waals surface area contributed by atoms with Crippen molar-refractivity contribution in [2.24, 2.45) is 0 Å². The Bertz CT molecular complexity index is 1490. The zero-order chi connectivity index (χ0) is 30.3. The van der Waals surface area contributed by atoms with Crippen molar-refractivity contribution in [2.45, 2.75) is 48.7 Å². The lowest BCUT2D eigenvalue weighted by Crippen LogP contribution is -2.60. The summed E-state index contributed by atoms with van der Waals surface area (Å²) in [6, 6.07) is 7.75. The van der Waals surface area contributed by atoms with Gasteiger partial charge in [0.25, 0.3) is 0 Å². The number of phenolic OH excluding ortho intramolecular Hbond substituents is 2. The molecule has 2 fully saturated rings. The van der Waals surface area contributed by atoms with Gasteiger partial charge in [-0.25, -0.2) is 0 Å². The normalized spacial score (nSPS) is 31.4. The van der Waals surface area contributed by atoms with E-state index in [2.05, 4.69) is 0 Å². The first kappa shape index (κ1) is 30.0. The van der Waals surface area contributed by atoms with E-state index in [9.17, 15) is 45.6 Å². The molecule has 0 radical (unpaired) electrons.